The van der Waals surface area contributed by atoms with Gasteiger partial charge in [-0.25, -0.2) is 0 Å². The third kappa shape index (κ3) is 9.61. The molecule has 0 saturated carbocycles. The SMILES string of the molecule is CCCCCCCCCCC(CCC)O[C@@H]1O[C@H](CO)[C@@H](O[C@H]2O[C@H](CO)[C@@H](O)[C@H](O)[C@H]2O)[C@H](O)[C@H]1O. The zero-order valence-electron chi connectivity index (χ0n) is 22.3. The molecule has 1 unspecified atom stereocenters. The van der Waals surface area contributed by atoms with E-state index in [-0.39, 0.29) is 6.10 Å². The summed E-state index contributed by atoms with van der Waals surface area (Å²) >= 11 is 0. The zero-order chi connectivity index (χ0) is 27.4. The van der Waals surface area contributed by atoms with E-state index in [9.17, 15) is 35.7 Å². The maximum absolute atomic E-state index is 10.8. The first-order valence-electron chi connectivity index (χ1n) is 14.0. The summed E-state index contributed by atoms with van der Waals surface area (Å²) in [6.45, 7) is 3.02. The van der Waals surface area contributed by atoms with Gasteiger partial charge in [-0.3, -0.25) is 0 Å². The summed E-state index contributed by atoms with van der Waals surface area (Å²) in [5.74, 6) is 0. The number of unbranched alkanes of at least 4 members (excludes halogenated alkanes) is 7. The highest BCUT2D eigenvalue weighted by Crippen LogP contribution is 2.30. The van der Waals surface area contributed by atoms with E-state index >= 15 is 0 Å². The molecule has 220 valence electrons. The number of aliphatic hydroxyl groups is 7. The lowest BCUT2D eigenvalue weighted by Crippen LogP contribution is -2.64. The van der Waals surface area contributed by atoms with Crippen LogP contribution in [0.5, 0.6) is 0 Å². The summed E-state index contributed by atoms with van der Waals surface area (Å²) in [6.07, 6.45) is -2.62. The lowest BCUT2D eigenvalue weighted by molar-refractivity contribution is -0.363. The minimum absolute atomic E-state index is 0.181. The molecule has 2 heterocycles. The molecule has 0 aliphatic carbocycles. The minimum atomic E-state index is -1.70. The van der Waals surface area contributed by atoms with E-state index in [0.29, 0.717) is 0 Å². The van der Waals surface area contributed by atoms with Crippen molar-refractivity contribution in [2.24, 2.45) is 0 Å². The Labute approximate surface area is 220 Å². The first-order chi connectivity index (χ1) is 17.8. The molecule has 0 spiro atoms. The maximum Gasteiger partial charge on any atom is 0.187 e. The van der Waals surface area contributed by atoms with E-state index in [1.807, 2.05) is 6.92 Å². The van der Waals surface area contributed by atoms with Crippen molar-refractivity contribution in [2.75, 3.05) is 13.2 Å². The van der Waals surface area contributed by atoms with Gasteiger partial charge in [0, 0.05) is 0 Å². The second-order valence-corrected chi connectivity index (χ2v) is 10.3. The Morgan fingerprint density at radius 3 is 1.76 bits per heavy atom. The van der Waals surface area contributed by atoms with Crippen LogP contribution in [0.1, 0.15) is 84.5 Å². The van der Waals surface area contributed by atoms with Crippen molar-refractivity contribution in [3.05, 3.63) is 0 Å². The number of ether oxygens (including phenoxy) is 4. The molecule has 11 nitrogen and oxygen atoms in total. The standard InChI is InChI=1S/C26H50O11/c1-3-5-6-7-8-9-10-11-13-16(12-4-2)34-25-23(33)21(31)24(18(15-28)36-25)37-26-22(32)20(30)19(29)17(14-27)35-26/h16-33H,3-15H2,1-2H3/t16?,17-,18-,19-,20+,21-,22-,23-,24-,25-,26-/m1/s1. The molecule has 2 fully saturated rings. The Kier molecular flexibility index (Phi) is 15.3. The summed E-state index contributed by atoms with van der Waals surface area (Å²) in [7, 11) is 0. The van der Waals surface area contributed by atoms with Crippen LogP contribution in [0, 0.1) is 0 Å². The van der Waals surface area contributed by atoms with Crippen LogP contribution >= 0.6 is 0 Å². The summed E-state index contributed by atoms with van der Waals surface area (Å²) in [5, 5.41) is 71.0. The molecule has 0 bridgehead atoms. The Balaban J connectivity index is 1.91. The normalized spacial score (nSPS) is 37.5. The Bertz CT molecular complexity index is 593. The Hall–Kier alpha value is -0.440. The first-order valence-corrected chi connectivity index (χ1v) is 14.0. The smallest absolute Gasteiger partial charge is 0.187 e. The fraction of sp³-hybridized carbons (Fsp3) is 1.00. The largest absolute Gasteiger partial charge is 0.394 e. The van der Waals surface area contributed by atoms with Gasteiger partial charge in [-0.2, -0.15) is 0 Å². The molecule has 7 N–H and O–H groups in total. The average molecular weight is 539 g/mol. The topological polar surface area (TPSA) is 179 Å². The van der Waals surface area contributed by atoms with Crippen molar-refractivity contribution in [3.63, 3.8) is 0 Å². The lowest BCUT2D eigenvalue weighted by Gasteiger charge is -2.46. The van der Waals surface area contributed by atoms with Crippen LogP contribution in [0.3, 0.4) is 0 Å². The third-order valence-corrected chi connectivity index (χ3v) is 7.28. The number of aliphatic hydroxyl groups excluding tert-OH is 7. The van der Waals surface area contributed by atoms with Crippen molar-refractivity contribution in [3.8, 4) is 0 Å². The highest BCUT2D eigenvalue weighted by Gasteiger charge is 2.51. The van der Waals surface area contributed by atoms with Gasteiger partial charge in [0.15, 0.2) is 12.6 Å². The first kappa shape index (κ1) is 32.8. The molecule has 0 aromatic rings. The van der Waals surface area contributed by atoms with Crippen LogP contribution in [0.25, 0.3) is 0 Å². The molecule has 0 amide bonds. The average Bonchev–Trinajstić information content (AvgIpc) is 2.89. The van der Waals surface area contributed by atoms with Crippen molar-refractivity contribution >= 4 is 0 Å². The van der Waals surface area contributed by atoms with Crippen molar-refractivity contribution in [2.45, 2.75) is 152 Å². The highest BCUT2D eigenvalue weighted by atomic mass is 16.7. The number of rotatable bonds is 17. The van der Waals surface area contributed by atoms with E-state index in [4.69, 9.17) is 18.9 Å². The van der Waals surface area contributed by atoms with Gasteiger partial charge >= 0.3 is 0 Å². The quantitative estimate of drug-likeness (QED) is 0.127. The fourth-order valence-electron chi connectivity index (χ4n) is 4.97. The zero-order valence-corrected chi connectivity index (χ0v) is 22.3. The Morgan fingerprint density at radius 2 is 1.16 bits per heavy atom. The van der Waals surface area contributed by atoms with E-state index in [1.54, 1.807) is 0 Å². The van der Waals surface area contributed by atoms with E-state index in [2.05, 4.69) is 6.92 Å². The molecule has 11 heteroatoms. The van der Waals surface area contributed by atoms with Gasteiger partial charge in [-0.15, -0.1) is 0 Å². The fourth-order valence-corrected chi connectivity index (χ4v) is 4.97. The third-order valence-electron chi connectivity index (χ3n) is 7.28. The molecular weight excluding hydrogens is 488 g/mol. The second kappa shape index (κ2) is 17.3. The molecule has 0 radical (unpaired) electrons. The summed E-state index contributed by atoms with van der Waals surface area (Å²) in [5.41, 5.74) is 0. The molecule has 0 aromatic heterocycles. The monoisotopic (exact) mass is 538 g/mol. The molecule has 2 rings (SSSR count). The summed E-state index contributed by atoms with van der Waals surface area (Å²) in [6, 6.07) is 0. The highest BCUT2D eigenvalue weighted by molar-refractivity contribution is 4.94. The van der Waals surface area contributed by atoms with Gasteiger partial charge in [0.25, 0.3) is 0 Å². The van der Waals surface area contributed by atoms with Crippen LogP contribution in [-0.4, -0.2) is 116 Å². The molecule has 2 aliphatic rings. The molecule has 37 heavy (non-hydrogen) atoms. The number of hydrogen-bond acceptors (Lipinski definition) is 11. The van der Waals surface area contributed by atoms with Gasteiger partial charge in [-0.1, -0.05) is 71.6 Å². The molecular formula is C26H50O11. The maximum atomic E-state index is 10.8. The van der Waals surface area contributed by atoms with Crippen LogP contribution in [-0.2, 0) is 18.9 Å². The van der Waals surface area contributed by atoms with Crippen LogP contribution in [0.2, 0.25) is 0 Å². The number of hydrogen-bond donors (Lipinski definition) is 7. The lowest BCUT2D eigenvalue weighted by atomic mass is 9.97. The van der Waals surface area contributed by atoms with Gasteiger partial charge in [0.2, 0.25) is 0 Å². The van der Waals surface area contributed by atoms with Crippen molar-refractivity contribution in [1.29, 1.82) is 0 Å². The predicted octanol–water partition coefficient (Wildman–Crippen LogP) is 0.327. The van der Waals surface area contributed by atoms with E-state index in [1.165, 1.54) is 38.5 Å². The van der Waals surface area contributed by atoms with Crippen LogP contribution in [0.15, 0.2) is 0 Å². The van der Waals surface area contributed by atoms with Gasteiger partial charge in [0.1, 0.15) is 48.8 Å². The molecule has 11 atom stereocenters. The molecule has 0 aromatic carbocycles. The van der Waals surface area contributed by atoms with Crippen LogP contribution < -0.4 is 0 Å². The van der Waals surface area contributed by atoms with E-state index in [0.717, 1.165) is 32.1 Å². The second-order valence-electron chi connectivity index (χ2n) is 10.3. The molecule has 2 saturated heterocycles. The van der Waals surface area contributed by atoms with Crippen LogP contribution in [0.4, 0.5) is 0 Å². The Morgan fingerprint density at radius 1 is 0.595 bits per heavy atom. The van der Waals surface area contributed by atoms with Gasteiger partial charge in [0.05, 0.1) is 19.3 Å². The predicted molar refractivity (Wildman–Crippen MR) is 133 cm³/mol. The van der Waals surface area contributed by atoms with Crippen molar-refractivity contribution in [1.82, 2.24) is 0 Å². The van der Waals surface area contributed by atoms with Crippen molar-refractivity contribution < 1.29 is 54.7 Å². The van der Waals surface area contributed by atoms with Gasteiger partial charge in [-0.05, 0) is 12.8 Å². The van der Waals surface area contributed by atoms with E-state index < -0.39 is 74.6 Å². The summed E-state index contributed by atoms with van der Waals surface area (Å²) in [4.78, 5) is 0. The molecule has 2 aliphatic heterocycles. The summed E-state index contributed by atoms with van der Waals surface area (Å²) < 4.78 is 22.7. The minimum Gasteiger partial charge on any atom is -0.394 e. The van der Waals surface area contributed by atoms with Gasteiger partial charge < -0.3 is 54.7 Å².